The van der Waals surface area contributed by atoms with Crippen molar-refractivity contribution in [2.45, 2.75) is 18.9 Å². The lowest BCUT2D eigenvalue weighted by atomic mass is 9.93. The van der Waals surface area contributed by atoms with Gasteiger partial charge in [-0.3, -0.25) is 0 Å². The second-order valence-corrected chi connectivity index (χ2v) is 4.22. The Morgan fingerprint density at radius 3 is 2.50 bits per heavy atom. The van der Waals surface area contributed by atoms with Gasteiger partial charge >= 0.3 is 0 Å². The van der Waals surface area contributed by atoms with Gasteiger partial charge in [0.05, 0.1) is 12.7 Å². The highest BCUT2D eigenvalue weighted by atomic mass is 16.9. The summed E-state index contributed by atoms with van der Waals surface area (Å²) in [6.07, 6.45) is 1.62. The molecule has 18 heavy (non-hydrogen) atoms. The summed E-state index contributed by atoms with van der Waals surface area (Å²) in [5, 5.41) is 23.1. The van der Waals surface area contributed by atoms with Crippen molar-refractivity contribution in [2.24, 2.45) is 5.92 Å². The number of hydrogen-bond donors (Lipinski definition) is 2. The van der Waals surface area contributed by atoms with E-state index in [0.29, 0.717) is 12.5 Å². The molecule has 0 bridgehead atoms. The van der Waals surface area contributed by atoms with Crippen LogP contribution in [0.3, 0.4) is 0 Å². The van der Waals surface area contributed by atoms with Crippen molar-refractivity contribution in [2.75, 3.05) is 13.2 Å². The lowest BCUT2D eigenvalue weighted by molar-refractivity contribution is -0.742. The first-order valence-corrected chi connectivity index (χ1v) is 5.71. The van der Waals surface area contributed by atoms with Crippen LogP contribution < -0.4 is 0 Å². The third-order valence-corrected chi connectivity index (χ3v) is 2.64. The molecule has 2 rings (SSSR count). The highest BCUT2D eigenvalue weighted by Gasteiger charge is 2.20. The molecule has 2 atom stereocenters. The lowest BCUT2D eigenvalue weighted by Gasteiger charge is -2.26. The molecule has 2 unspecified atom stereocenters. The third kappa shape index (κ3) is 6.17. The van der Waals surface area contributed by atoms with Crippen molar-refractivity contribution in [3.8, 4) is 0 Å². The minimum absolute atomic E-state index is 0.266. The molecule has 0 spiro atoms. The quantitative estimate of drug-likeness (QED) is 0.613. The molecule has 6 nitrogen and oxygen atoms in total. The summed E-state index contributed by atoms with van der Waals surface area (Å²) in [5.74, 6) is 0.473. The van der Waals surface area contributed by atoms with Crippen LogP contribution in [0.25, 0.3) is 0 Å². The van der Waals surface area contributed by atoms with Crippen molar-refractivity contribution in [3.05, 3.63) is 46.0 Å². The van der Waals surface area contributed by atoms with Crippen LogP contribution in [-0.2, 0) is 11.2 Å². The first-order valence-electron chi connectivity index (χ1n) is 5.71. The Balaban J connectivity index is 0.000000357. The standard InChI is InChI=1S/C12H16O2.HNO3/c13-12-7-11(8-14-9-12)6-10-4-2-1-3-5-10;2-1(3)4/h1-5,11-13H,6-9H2;(H,2,3,4). The SMILES string of the molecule is O=[N+]([O-])O.OC1COCC(Cc2ccccc2)C1. The largest absolute Gasteiger partial charge is 0.391 e. The fourth-order valence-electron chi connectivity index (χ4n) is 1.98. The van der Waals surface area contributed by atoms with Crippen molar-refractivity contribution in [1.29, 1.82) is 0 Å². The molecule has 1 heterocycles. The molecule has 0 aromatic heterocycles. The van der Waals surface area contributed by atoms with E-state index in [1.807, 2.05) is 6.07 Å². The minimum Gasteiger partial charge on any atom is -0.391 e. The normalized spacial score (nSPS) is 22.7. The topological polar surface area (TPSA) is 92.8 Å². The molecule has 1 saturated heterocycles. The molecule has 0 amide bonds. The number of rotatable bonds is 2. The monoisotopic (exact) mass is 255 g/mol. The van der Waals surface area contributed by atoms with Crippen LogP contribution in [0.4, 0.5) is 0 Å². The van der Waals surface area contributed by atoms with Crippen LogP contribution in [0.15, 0.2) is 30.3 Å². The Kier molecular flexibility index (Phi) is 6.10. The Bertz CT molecular complexity index is 353. The molecule has 1 aliphatic heterocycles. The zero-order valence-electron chi connectivity index (χ0n) is 9.94. The van der Waals surface area contributed by atoms with E-state index < -0.39 is 5.09 Å². The van der Waals surface area contributed by atoms with Gasteiger partial charge in [0.25, 0.3) is 5.09 Å². The summed E-state index contributed by atoms with van der Waals surface area (Å²) in [6.45, 7) is 1.29. The number of ether oxygens (including phenoxy) is 1. The summed E-state index contributed by atoms with van der Waals surface area (Å²) in [7, 11) is 0. The van der Waals surface area contributed by atoms with Crippen molar-refractivity contribution in [1.82, 2.24) is 0 Å². The van der Waals surface area contributed by atoms with E-state index in [1.54, 1.807) is 0 Å². The molecule has 1 aromatic carbocycles. The molecular weight excluding hydrogens is 238 g/mol. The highest BCUT2D eigenvalue weighted by Crippen LogP contribution is 2.18. The predicted octanol–water partition coefficient (Wildman–Crippen LogP) is 1.28. The lowest BCUT2D eigenvalue weighted by Crippen LogP contribution is -2.30. The van der Waals surface area contributed by atoms with Gasteiger partial charge in [-0.15, -0.1) is 10.1 Å². The number of benzene rings is 1. The van der Waals surface area contributed by atoms with E-state index in [9.17, 15) is 5.11 Å². The summed E-state index contributed by atoms with van der Waals surface area (Å²) < 4.78 is 5.32. The molecule has 1 aliphatic rings. The molecular formula is C12H17NO5. The summed E-state index contributed by atoms with van der Waals surface area (Å²) in [4.78, 5) is 8.36. The van der Waals surface area contributed by atoms with Crippen LogP contribution in [0.1, 0.15) is 12.0 Å². The molecule has 2 N–H and O–H groups in total. The van der Waals surface area contributed by atoms with E-state index >= 15 is 0 Å². The van der Waals surface area contributed by atoms with E-state index in [0.717, 1.165) is 19.4 Å². The summed E-state index contributed by atoms with van der Waals surface area (Å²) in [6, 6.07) is 10.4. The van der Waals surface area contributed by atoms with Gasteiger partial charge in [-0.25, -0.2) is 0 Å². The minimum atomic E-state index is -1.50. The smallest absolute Gasteiger partial charge is 0.291 e. The maximum Gasteiger partial charge on any atom is 0.291 e. The highest BCUT2D eigenvalue weighted by molar-refractivity contribution is 5.15. The molecule has 0 radical (unpaired) electrons. The zero-order valence-corrected chi connectivity index (χ0v) is 9.94. The number of nitrogens with zero attached hydrogens (tertiary/aromatic N) is 1. The van der Waals surface area contributed by atoms with Crippen LogP contribution in [-0.4, -0.2) is 34.7 Å². The van der Waals surface area contributed by atoms with Crippen LogP contribution in [0.2, 0.25) is 0 Å². The van der Waals surface area contributed by atoms with Crippen LogP contribution in [0, 0.1) is 16.0 Å². The van der Waals surface area contributed by atoms with E-state index in [4.69, 9.17) is 20.1 Å². The number of aliphatic hydroxyl groups is 1. The zero-order chi connectivity index (χ0) is 13.4. The van der Waals surface area contributed by atoms with Gasteiger partial charge in [-0.05, 0) is 24.3 Å². The summed E-state index contributed by atoms with van der Waals surface area (Å²) in [5.41, 5.74) is 1.33. The van der Waals surface area contributed by atoms with Gasteiger partial charge < -0.3 is 15.1 Å². The third-order valence-electron chi connectivity index (χ3n) is 2.64. The average molecular weight is 255 g/mol. The first-order chi connectivity index (χ1) is 8.58. The van der Waals surface area contributed by atoms with Crippen LogP contribution >= 0.6 is 0 Å². The molecule has 1 fully saturated rings. The van der Waals surface area contributed by atoms with Gasteiger partial charge in [0.2, 0.25) is 0 Å². The van der Waals surface area contributed by atoms with Crippen molar-refractivity contribution >= 4 is 0 Å². The molecule has 0 aliphatic carbocycles. The average Bonchev–Trinajstić information content (AvgIpc) is 2.29. The fourth-order valence-corrected chi connectivity index (χ4v) is 1.98. The van der Waals surface area contributed by atoms with Gasteiger partial charge in [-0.2, -0.15) is 0 Å². The maximum atomic E-state index is 9.43. The predicted molar refractivity (Wildman–Crippen MR) is 63.9 cm³/mol. The second kappa shape index (κ2) is 7.62. The van der Waals surface area contributed by atoms with Gasteiger partial charge in [0, 0.05) is 6.61 Å². The molecule has 6 heteroatoms. The van der Waals surface area contributed by atoms with Crippen molar-refractivity contribution in [3.63, 3.8) is 0 Å². The first kappa shape index (κ1) is 14.4. The fraction of sp³-hybridized carbons (Fsp3) is 0.500. The number of aliphatic hydroxyl groups excluding tert-OH is 1. The molecule has 1 aromatic rings. The van der Waals surface area contributed by atoms with E-state index in [2.05, 4.69) is 24.3 Å². The molecule has 0 saturated carbocycles. The van der Waals surface area contributed by atoms with Gasteiger partial charge in [0.1, 0.15) is 0 Å². The number of hydrogen-bond acceptors (Lipinski definition) is 4. The Morgan fingerprint density at radius 2 is 1.94 bits per heavy atom. The maximum absolute atomic E-state index is 9.43. The Hall–Kier alpha value is -1.66. The van der Waals surface area contributed by atoms with Gasteiger partial charge in [-0.1, -0.05) is 30.3 Å². The van der Waals surface area contributed by atoms with Gasteiger partial charge in [0.15, 0.2) is 0 Å². The van der Waals surface area contributed by atoms with Crippen LogP contribution in [0.5, 0.6) is 0 Å². The second-order valence-electron chi connectivity index (χ2n) is 4.22. The summed E-state index contributed by atoms with van der Waals surface area (Å²) >= 11 is 0. The van der Waals surface area contributed by atoms with Crippen molar-refractivity contribution < 1.29 is 20.1 Å². The molecule has 100 valence electrons. The van der Waals surface area contributed by atoms with E-state index in [-0.39, 0.29) is 6.10 Å². The Morgan fingerprint density at radius 1 is 1.33 bits per heavy atom. The van der Waals surface area contributed by atoms with E-state index in [1.165, 1.54) is 5.56 Å². The Labute approximate surface area is 105 Å².